The van der Waals surface area contributed by atoms with Crippen LogP contribution in [0.2, 0.25) is 0 Å². The topological polar surface area (TPSA) is 20.2 Å². The zero-order chi connectivity index (χ0) is 13.3. The summed E-state index contributed by atoms with van der Waals surface area (Å²) in [6.07, 6.45) is -1.56. The van der Waals surface area contributed by atoms with Gasteiger partial charge in [-0.25, -0.2) is 13.2 Å². The molecule has 0 radical (unpaired) electrons. The second kappa shape index (κ2) is 5.12. The first-order chi connectivity index (χ1) is 8.50. The molecule has 0 amide bonds. The zero-order valence-corrected chi connectivity index (χ0v) is 10.6. The maximum Gasteiger partial charge on any atom is 0.146 e. The van der Waals surface area contributed by atoms with Crippen LogP contribution in [-0.4, -0.2) is 5.11 Å². The van der Waals surface area contributed by atoms with Crippen molar-refractivity contribution in [3.05, 3.63) is 69.4 Å². The van der Waals surface area contributed by atoms with Crippen LogP contribution in [0.5, 0.6) is 0 Å². The van der Waals surface area contributed by atoms with Crippen LogP contribution in [0.15, 0.2) is 40.9 Å². The van der Waals surface area contributed by atoms with Gasteiger partial charge in [0.25, 0.3) is 0 Å². The highest BCUT2D eigenvalue weighted by Crippen LogP contribution is 2.30. The first kappa shape index (κ1) is 13.1. The molecule has 0 aromatic heterocycles. The molecular formula is C13H8BrF3O. The largest absolute Gasteiger partial charge is 0.383 e. The summed E-state index contributed by atoms with van der Waals surface area (Å²) in [5.41, 5.74) is -0.416. The second-order valence-corrected chi connectivity index (χ2v) is 4.57. The van der Waals surface area contributed by atoms with Crippen molar-refractivity contribution >= 4 is 15.9 Å². The Hall–Kier alpha value is -1.33. The molecule has 1 atom stereocenters. The van der Waals surface area contributed by atoms with Gasteiger partial charge in [-0.3, -0.25) is 0 Å². The lowest BCUT2D eigenvalue weighted by molar-refractivity contribution is 0.208. The van der Waals surface area contributed by atoms with E-state index in [0.717, 1.165) is 12.1 Å². The van der Waals surface area contributed by atoms with E-state index >= 15 is 0 Å². The van der Waals surface area contributed by atoms with Crippen molar-refractivity contribution in [1.29, 1.82) is 0 Å². The molecule has 0 saturated heterocycles. The van der Waals surface area contributed by atoms with Gasteiger partial charge < -0.3 is 5.11 Å². The maximum absolute atomic E-state index is 13.8. The lowest BCUT2D eigenvalue weighted by Crippen LogP contribution is -2.06. The molecule has 0 saturated carbocycles. The number of rotatable bonds is 2. The van der Waals surface area contributed by atoms with Gasteiger partial charge in [0.1, 0.15) is 23.6 Å². The summed E-state index contributed by atoms with van der Waals surface area (Å²) < 4.78 is 40.4. The average Bonchev–Trinajstić information content (AvgIpc) is 2.34. The molecule has 18 heavy (non-hydrogen) atoms. The van der Waals surface area contributed by atoms with Gasteiger partial charge in [0.15, 0.2) is 0 Å². The minimum atomic E-state index is -1.56. The molecule has 0 aliphatic carbocycles. The van der Waals surface area contributed by atoms with Crippen molar-refractivity contribution in [2.45, 2.75) is 6.10 Å². The highest BCUT2D eigenvalue weighted by molar-refractivity contribution is 9.10. The fourth-order valence-electron chi connectivity index (χ4n) is 1.64. The van der Waals surface area contributed by atoms with Crippen LogP contribution < -0.4 is 0 Å². The van der Waals surface area contributed by atoms with Crippen LogP contribution in [0.4, 0.5) is 13.2 Å². The Labute approximate surface area is 110 Å². The Kier molecular flexibility index (Phi) is 3.73. The number of aliphatic hydroxyl groups is 1. The van der Waals surface area contributed by atoms with Gasteiger partial charge in [-0.15, -0.1) is 0 Å². The van der Waals surface area contributed by atoms with Crippen LogP contribution >= 0.6 is 15.9 Å². The van der Waals surface area contributed by atoms with E-state index in [-0.39, 0.29) is 10.0 Å². The van der Waals surface area contributed by atoms with Crippen LogP contribution in [0.3, 0.4) is 0 Å². The van der Waals surface area contributed by atoms with Gasteiger partial charge in [-0.05, 0) is 45.8 Å². The van der Waals surface area contributed by atoms with Crippen molar-refractivity contribution in [3.63, 3.8) is 0 Å². The molecule has 2 rings (SSSR count). The van der Waals surface area contributed by atoms with E-state index in [2.05, 4.69) is 15.9 Å². The van der Waals surface area contributed by atoms with Crippen molar-refractivity contribution in [2.24, 2.45) is 0 Å². The molecule has 1 nitrogen and oxygen atoms in total. The van der Waals surface area contributed by atoms with E-state index < -0.39 is 29.1 Å². The quantitative estimate of drug-likeness (QED) is 0.832. The van der Waals surface area contributed by atoms with Crippen molar-refractivity contribution in [3.8, 4) is 0 Å². The smallest absolute Gasteiger partial charge is 0.146 e. The van der Waals surface area contributed by atoms with E-state index in [1.807, 2.05) is 0 Å². The van der Waals surface area contributed by atoms with Gasteiger partial charge >= 0.3 is 0 Å². The molecule has 2 aromatic rings. The third-order valence-electron chi connectivity index (χ3n) is 2.52. The Bertz CT molecular complexity index is 586. The highest BCUT2D eigenvalue weighted by Gasteiger charge is 2.21. The maximum atomic E-state index is 13.8. The molecule has 1 unspecified atom stereocenters. The van der Waals surface area contributed by atoms with Gasteiger partial charge in [-0.1, -0.05) is 12.1 Å². The Morgan fingerprint density at radius 2 is 1.78 bits per heavy atom. The summed E-state index contributed by atoms with van der Waals surface area (Å²) in [5, 5.41) is 9.93. The average molecular weight is 317 g/mol. The normalized spacial score (nSPS) is 12.5. The van der Waals surface area contributed by atoms with Gasteiger partial charge in [0.05, 0.1) is 10.0 Å². The van der Waals surface area contributed by atoms with Gasteiger partial charge in [0.2, 0.25) is 0 Å². The standard InChI is InChI=1S/C13H8BrF3O/c14-9-4-5-10(16)11(12(9)17)13(18)7-2-1-3-8(15)6-7/h1-6,13,18H. The number of aliphatic hydroxyl groups excluding tert-OH is 1. The Balaban J connectivity index is 2.52. The molecule has 0 fully saturated rings. The van der Waals surface area contributed by atoms with E-state index in [9.17, 15) is 18.3 Å². The van der Waals surface area contributed by atoms with Crippen LogP contribution in [0.25, 0.3) is 0 Å². The number of halogens is 4. The number of benzene rings is 2. The zero-order valence-electron chi connectivity index (χ0n) is 9.00. The van der Waals surface area contributed by atoms with E-state index in [4.69, 9.17) is 0 Å². The predicted octanol–water partition coefficient (Wildman–Crippen LogP) is 3.95. The molecule has 1 N–H and O–H groups in total. The molecule has 0 aliphatic rings. The Morgan fingerprint density at radius 3 is 2.44 bits per heavy atom. The van der Waals surface area contributed by atoms with Crippen LogP contribution in [0.1, 0.15) is 17.2 Å². The summed E-state index contributed by atoms with van der Waals surface area (Å²) in [6.45, 7) is 0. The molecular weight excluding hydrogens is 309 g/mol. The first-order valence-corrected chi connectivity index (χ1v) is 5.87. The minimum Gasteiger partial charge on any atom is -0.383 e. The van der Waals surface area contributed by atoms with Crippen LogP contribution in [0, 0.1) is 17.5 Å². The highest BCUT2D eigenvalue weighted by atomic mass is 79.9. The number of hydrogen-bond acceptors (Lipinski definition) is 1. The molecule has 0 aliphatic heterocycles. The molecule has 0 spiro atoms. The first-order valence-electron chi connectivity index (χ1n) is 5.07. The molecule has 2 aromatic carbocycles. The third-order valence-corrected chi connectivity index (χ3v) is 3.13. The van der Waals surface area contributed by atoms with E-state index in [1.165, 1.54) is 24.3 Å². The molecule has 5 heteroatoms. The lowest BCUT2D eigenvalue weighted by atomic mass is 10.0. The van der Waals surface area contributed by atoms with Crippen LogP contribution in [-0.2, 0) is 0 Å². The monoisotopic (exact) mass is 316 g/mol. The molecule has 0 heterocycles. The lowest BCUT2D eigenvalue weighted by Gasteiger charge is -2.14. The summed E-state index contributed by atoms with van der Waals surface area (Å²) in [5.74, 6) is -2.36. The van der Waals surface area contributed by atoms with E-state index in [1.54, 1.807) is 0 Å². The summed E-state index contributed by atoms with van der Waals surface area (Å²) in [4.78, 5) is 0. The van der Waals surface area contributed by atoms with Gasteiger partial charge in [0, 0.05) is 0 Å². The predicted molar refractivity (Wildman–Crippen MR) is 64.5 cm³/mol. The number of hydrogen-bond donors (Lipinski definition) is 1. The van der Waals surface area contributed by atoms with E-state index in [0.29, 0.717) is 0 Å². The summed E-state index contributed by atoms with van der Waals surface area (Å²) in [7, 11) is 0. The van der Waals surface area contributed by atoms with Gasteiger partial charge in [-0.2, -0.15) is 0 Å². The minimum absolute atomic E-state index is 0.0364. The summed E-state index contributed by atoms with van der Waals surface area (Å²) in [6, 6.07) is 7.21. The Morgan fingerprint density at radius 1 is 1.06 bits per heavy atom. The third kappa shape index (κ3) is 2.42. The molecule has 94 valence electrons. The van der Waals surface area contributed by atoms with Crippen molar-refractivity contribution in [1.82, 2.24) is 0 Å². The fraction of sp³-hybridized carbons (Fsp3) is 0.0769. The second-order valence-electron chi connectivity index (χ2n) is 3.71. The van der Waals surface area contributed by atoms with Crippen molar-refractivity contribution < 1.29 is 18.3 Å². The fourth-order valence-corrected chi connectivity index (χ4v) is 1.98. The SMILES string of the molecule is OC(c1cccc(F)c1)c1c(F)ccc(Br)c1F. The molecule has 0 bridgehead atoms. The van der Waals surface area contributed by atoms with Crippen molar-refractivity contribution in [2.75, 3.05) is 0 Å². The summed E-state index contributed by atoms with van der Waals surface area (Å²) >= 11 is 2.91.